The summed E-state index contributed by atoms with van der Waals surface area (Å²) in [6.07, 6.45) is 1.73. The second kappa shape index (κ2) is 9.84. The molecule has 0 N–H and O–H groups in total. The van der Waals surface area contributed by atoms with Crippen LogP contribution in [0.15, 0.2) is 57.2 Å². The second-order valence-electron chi connectivity index (χ2n) is 8.13. The molecule has 0 aliphatic carbocycles. The number of thiazole rings is 1. The molecule has 2 heterocycles. The maximum atomic E-state index is 13.3. The van der Waals surface area contributed by atoms with Gasteiger partial charge in [0.15, 0.2) is 14.6 Å². The minimum atomic E-state index is -4.08. The minimum Gasteiger partial charge on any atom is -0.468 e. The van der Waals surface area contributed by atoms with Crippen molar-refractivity contribution >= 4 is 53.3 Å². The molecular formula is C22H22FN3O7S3. The number of aromatic nitrogens is 1. The van der Waals surface area contributed by atoms with Gasteiger partial charge in [-0.15, -0.1) is 0 Å². The molecule has 1 aliphatic rings. The minimum absolute atomic E-state index is 0.0618. The summed E-state index contributed by atoms with van der Waals surface area (Å²) in [5, 5.41) is 0. The molecule has 2 aromatic carbocycles. The van der Waals surface area contributed by atoms with Crippen LogP contribution in [0.3, 0.4) is 0 Å². The van der Waals surface area contributed by atoms with Crippen LogP contribution in [-0.4, -0.2) is 63.5 Å². The van der Waals surface area contributed by atoms with E-state index in [1.807, 2.05) is 0 Å². The zero-order valence-electron chi connectivity index (χ0n) is 19.2. The van der Waals surface area contributed by atoms with E-state index in [2.05, 4.69) is 4.99 Å². The summed E-state index contributed by atoms with van der Waals surface area (Å²) in [6.45, 7) is -0.193. The number of benzene rings is 2. The van der Waals surface area contributed by atoms with E-state index in [0.717, 1.165) is 46.2 Å². The van der Waals surface area contributed by atoms with Crippen molar-refractivity contribution in [3.8, 4) is 0 Å². The molecule has 1 fully saturated rings. The molecule has 1 aliphatic heterocycles. The van der Waals surface area contributed by atoms with Gasteiger partial charge in [0, 0.05) is 12.8 Å². The van der Waals surface area contributed by atoms with Crippen molar-refractivity contribution in [3.05, 3.63) is 53.1 Å². The number of carbonyl (C=O) groups excluding carboxylic acids is 2. The van der Waals surface area contributed by atoms with Crippen molar-refractivity contribution in [2.75, 3.05) is 19.9 Å². The van der Waals surface area contributed by atoms with Gasteiger partial charge < -0.3 is 9.30 Å². The van der Waals surface area contributed by atoms with Crippen LogP contribution in [-0.2, 0) is 40.7 Å². The third-order valence-corrected chi connectivity index (χ3v) is 9.79. The van der Waals surface area contributed by atoms with E-state index < -0.39 is 43.6 Å². The maximum absolute atomic E-state index is 13.3. The molecule has 36 heavy (non-hydrogen) atoms. The Bertz CT molecular complexity index is 1630. The molecule has 3 aromatic rings. The van der Waals surface area contributed by atoms with E-state index in [0.29, 0.717) is 16.6 Å². The number of ether oxygens (including phenoxy) is 1. The van der Waals surface area contributed by atoms with E-state index in [9.17, 15) is 30.8 Å². The highest BCUT2D eigenvalue weighted by Crippen LogP contribution is 2.27. The summed E-state index contributed by atoms with van der Waals surface area (Å²) in [5.74, 6) is -1.93. The summed E-state index contributed by atoms with van der Waals surface area (Å²) in [6, 6.07) is 7.57. The van der Waals surface area contributed by atoms with Crippen LogP contribution in [0.1, 0.15) is 12.8 Å². The first-order valence-electron chi connectivity index (χ1n) is 10.7. The third-order valence-electron chi connectivity index (χ3n) is 5.71. The van der Waals surface area contributed by atoms with Gasteiger partial charge in [-0.3, -0.25) is 9.59 Å². The van der Waals surface area contributed by atoms with Crippen molar-refractivity contribution < 1.29 is 35.6 Å². The monoisotopic (exact) mass is 555 g/mol. The lowest BCUT2D eigenvalue weighted by Crippen LogP contribution is -2.40. The second-order valence-corrected chi connectivity index (χ2v) is 13.0. The first-order chi connectivity index (χ1) is 16.9. The molecule has 14 heteroatoms. The van der Waals surface area contributed by atoms with Gasteiger partial charge in [-0.05, 0) is 55.3 Å². The zero-order valence-corrected chi connectivity index (χ0v) is 21.7. The Labute approximate surface area is 210 Å². The molecule has 10 nitrogen and oxygen atoms in total. The van der Waals surface area contributed by atoms with Gasteiger partial charge in [-0.2, -0.15) is 9.30 Å². The lowest BCUT2D eigenvalue weighted by molar-refractivity contribution is -0.141. The molecule has 4 rings (SSSR count). The Morgan fingerprint density at radius 2 is 1.78 bits per heavy atom. The highest BCUT2D eigenvalue weighted by molar-refractivity contribution is 7.90. The van der Waals surface area contributed by atoms with E-state index >= 15 is 0 Å². The Hall–Kier alpha value is -2.94. The highest BCUT2D eigenvalue weighted by atomic mass is 32.2. The summed E-state index contributed by atoms with van der Waals surface area (Å²) in [4.78, 5) is 29.4. The number of sulfone groups is 1. The molecular weight excluding hydrogens is 533 g/mol. The third kappa shape index (κ3) is 5.12. The number of sulfonamides is 1. The molecule has 1 saturated heterocycles. The van der Waals surface area contributed by atoms with Crippen molar-refractivity contribution in [1.82, 2.24) is 8.87 Å². The normalized spacial score (nSPS) is 17.5. The quantitative estimate of drug-likeness (QED) is 0.423. The van der Waals surface area contributed by atoms with Crippen molar-refractivity contribution in [2.24, 2.45) is 4.99 Å². The summed E-state index contributed by atoms with van der Waals surface area (Å²) in [7, 11) is -6.38. The number of hydrogen-bond acceptors (Lipinski definition) is 8. The fourth-order valence-corrected chi connectivity index (χ4v) is 7.35. The average molecular weight is 556 g/mol. The number of esters is 1. The molecule has 0 saturated carbocycles. The first kappa shape index (κ1) is 26.1. The van der Waals surface area contributed by atoms with E-state index in [4.69, 9.17) is 4.74 Å². The summed E-state index contributed by atoms with van der Waals surface area (Å²) in [5.41, 5.74) is 0.464. The predicted molar refractivity (Wildman–Crippen MR) is 129 cm³/mol. The number of methoxy groups -OCH3 is 1. The fraction of sp³-hybridized carbons (Fsp3) is 0.318. The zero-order chi connectivity index (χ0) is 26.3. The molecule has 192 valence electrons. The van der Waals surface area contributed by atoms with Gasteiger partial charge in [0.05, 0.1) is 27.1 Å². The van der Waals surface area contributed by atoms with Gasteiger partial charge in [-0.1, -0.05) is 11.3 Å². The summed E-state index contributed by atoms with van der Waals surface area (Å²) >= 11 is 0.994. The highest BCUT2D eigenvalue weighted by Gasteiger charge is 2.39. The number of carbonyl (C=O) groups is 2. The summed E-state index contributed by atoms with van der Waals surface area (Å²) < 4.78 is 71.2. The van der Waals surface area contributed by atoms with Crippen molar-refractivity contribution in [1.29, 1.82) is 0 Å². The van der Waals surface area contributed by atoms with E-state index in [-0.39, 0.29) is 34.1 Å². The smallest absolute Gasteiger partial charge is 0.325 e. The van der Waals surface area contributed by atoms with Crippen LogP contribution in [0.2, 0.25) is 0 Å². The molecule has 1 unspecified atom stereocenters. The van der Waals surface area contributed by atoms with Gasteiger partial charge in [0.2, 0.25) is 10.0 Å². The van der Waals surface area contributed by atoms with Crippen LogP contribution >= 0.6 is 11.3 Å². The number of fused-ring (bicyclic) bond motifs is 1. The van der Waals surface area contributed by atoms with E-state index in [1.165, 1.54) is 29.9 Å². The molecule has 1 atom stereocenters. The average Bonchev–Trinajstić information content (AvgIpc) is 3.44. The Balaban J connectivity index is 1.77. The molecule has 1 aromatic heterocycles. The van der Waals surface area contributed by atoms with Crippen molar-refractivity contribution in [2.45, 2.75) is 35.2 Å². The maximum Gasteiger partial charge on any atom is 0.325 e. The van der Waals surface area contributed by atoms with Crippen molar-refractivity contribution in [3.63, 3.8) is 0 Å². The SMILES string of the molecule is COC(=O)Cn1c(=NC(=O)C2CCCN2S(=O)(=O)c2ccc(F)cc2)sc2cc(S(C)(=O)=O)ccc21. The molecule has 0 radical (unpaired) electrons. The van der Waals surface area contributed by atoms with Gasteiger partial charge in [0.25, 0.3) is 5.91 Å². The Morgan fingerprint density at radius 3 is 2.42 bits per heavy atom. The molecule has 0 bridgehead atoms. The van der Waals surface area contributed by atoms with E-state index in [1.54, 1.807) is 0 Å². The fourth-order valence-electron chi connectivity index (χ4n) is 3.90. The standard InChI is InChI=1S/C22H22FN3O7S3/c1-33-20(27)13-25-17-10-9-16(35(2,29)30)12-19(17)34-22(25)24-21(28)18-4-3-11-26(18)36(31,32)15-7-5-14(23)6-8-15/h5-10,12,18H,3-4,11,13H2,1-2H3. The Morgan fingerprint density at radius 1 is 1.11 bits per heavy atom. The number of halogens is 1. The topological polar surface area (TPSA) is 132 Å². The Kier molecular flexibility index (Phi) is 7.14. The predicted octanol–water partition coefficient (Wildman–Crippen LogP) is 1.70. The van der Waals surface area contributed by atoms with Crippen LogP contribution in [0, 0.1) is 5.82 Å². The van der Waals surface area contributed by atoms with Crippen LogP contribution < -0.4 is 4.80 Å². The number of amides is 1. The lowest BCUT2D eigenvalue weighted by Gasteiger charge is -2.21. The first-order valence-corrected chi connectivity index (χ1v) is 14.8. The van der Waals surface area contributed by atoms with Crippen LogP contribution in [0.25, 0.3) is 10.2 Å². The van der Waals surface area contributed by atoms with Gasteiger partial charge in [0.1, 0.15) is 18.4 Å². The van der Waals surface area contributed by atoms with Crippen LogP contribution in [0.5, 0.6) is 0 Å². The molecule has 1 amide bonds. The van der Waals surface area contributed by atoms with Gasteiger partial charge in [-0.25, -0.2) is 21.2 Å². The lowest BCUT2D eigenvalue weighted by atomic mass is 10.2. The number of nitrogens with zero attached hydrogens (tertiary/aromatic N) is 3. The molecule has 0 spiro atoms. The number of hydrogen-bond donors (Lipinski definition) is 0. The largest absolute Gasteiger partial charge is 0.468 e. The van der Waals surface area contributed by atoms with Gasteiger partial charge >= 0.3 is 5.97 Å². The van der Waals surface area contributed by atoms with Crippen LogP contribution in [0.4, 0.5) is 4.39 Å². The number of rotatable bonds is 6.